The van der Waals surface area contributed by atoms with Gasteiger partial charge in [0.2, 0.25) is 11.8 Å². The van der Waals surface area contributed by atoms with Gasteiger partial charge >= 0.3 is 11.9 Å². The molecule has 2 rings (SSSR count). The highest BCUT2D eigenvalue weighted by Gasteiger charge is 2.08. The molecule has 0 heterocycles. The molecule has 0 fully saturated rings. The lowest BCUT2D eigenvalue weighted by atomic mass is 10.1. The SMILES string of the molecule is COC(=O)c1ccc(NC(=O)CCCCCCCC(=O)Nc2ccc(C(=O)OC)cc2)cc1. The van der Waals surface area contributed by atoms with Crippen LogP contribution < -0.4 is 10.6 Å². The van der Waals surface area contributed by atoms with Crippen LogP contribution in [0.1, 0.15) is 65.7 Å². The minimum atomic E-state index is -0.417. The summed E-state index contributed by atoms with van der Waals surface area (Å²) in [6, 6.07) is 13.1. The Bertz CT molecular complexity index is 861. The highest BCUT2D eigenvalue weighted by molar-refractivity contribution is 5.93. The summed E-state index contributed by atoms with van der Waals surface area (Å²) in [5.74, 6) is -0.976. The Kier molecular flexibility index (Phi) is 10.6. The van der Waals surface area contributed by atoms with Gasteiger partial charge in [0.15, 0.2) is 0 Å². The molecule has 2 aromatic carbocycles. The van der Waals surface area contributed by atoms with Crippen LogP contribution in [-0.2, 0) is 19.1 Å². The summed E-state index contributed by atoms with van der Waals surface area (Å²) in [5.41, 5.74) is 2.14. The third kappa shape index (κ3) is 9.14. The van der Waals surface area contributed by atoms with Crippen molar-refractivity contribution in [1.82, 2.24) is 0 Å². The molecule has 0 radical (unpaired) electrons. The van der Waals surface area contributed by atoms with Crippen LogP contribution >= 0.6 is 0 Å². The van der Waals surface area contributed by atoms with Crippen LogP contribution in [-0.4, -0.2) is 38.0 Å². The van der Waals surface area contributed by atoms with Crippen LogP contribution in [0.4, 0.5) is 11.4 Å². The molecule has 0 aliphatic rings. The van der Waals surface area contributed by atoms with E-state index in [0.29, 0.717) is 35.3 Å². The quantitative estimate of drug-likeness (QED) is 0.359. The molecule has 0 aromatic heterocycles. The summed E-state index contributed by atoms with van der Waals surface area (Å²) in [6.45, 7) is 0. The van der Waals surface area contributed by atoms with E-state index in [1.54, 1.807) is 48.5 Å². The van der Waals surface area contributed by atoms with Gasteiger partial charge in [0.25, 0.3) is 0 Å². The Balaban J connectivity index is 1.54. The van der Waals surface area contributed by atoms with Gasteiger partial charge in [-0.2, -0.15) is 0 Å². The van der Waals surface area contributed by atoms with Crippen molar-refractivity contribution in [2.75, 3.05) is 24.9 Å². The number of rotatable bonds is 12. The predicted octanol–water partition coefficient (Wildman–Crippen LogP) is 4.57. The van der Waals surface area contributed by atoms with E-state index in [-0.39, 0.29) is 11.8 Å². The van der Waals surface area contributed by atoms with Crippen LogP contribution in [0.15, 0.2) is 48.5 Å². The Morgan fingerprint density at radius 1 is 0.576 bits per heavy atom. The van der Waals surface area contributed by atoms with Crippen molar-refractivity contribution >= 4 is 35.1 Å². The van der Waals surface area contributed by atoms with Crippen LogP contribution in [0.3, 0.4) is 0 Å². The topological polar surface area (TPSA) is 111 Å². The number of carbonyl (C=O) groups excluding carboxylic acids is 4. The zero-order valence-corrected chi connectivity index (χ0v) is 19.0. The number of hydrogen-bond acceptors (Lipinski definition) is 6. The first-order chi connectivity index (χ1) is 15.9. The zero-order valence-electron chi connectivity index (χ0n) is 19.0. The lowest BCUT2D eigenvalue weighted by Gasteiger charge is -2.07. The van der Waals surface area contributed by atoms with E-state index in [1.807, 2.05) is 0 Å². The number of unbranched alkanes of at least 4 members (excludes halogenated alkanes) is 4. The molecule has 0 unspecified atom stereocenters. The van der Waals surface area contributed by atoms with E-state index in [4.69, 9.17) is 0 Å². The molecule has 0 bridgehead atoms. The van der Waals surface area contributed by atoms with E-state index in [2.05, 4.69) is 20.1 Å². The Labute approximate surface area is 193 Å². The van der Waals surface area contributed by atoms with Gasteiger partial charge < -0.3 is 20.1 Å². The second kappa shape index (κ2) is 13.7. The number of methoxy groups -OCH3 is 2. The summed E-state index contributed by atoms with van der Waals surface area (Å²) >= 11 is 0. The third-order valence-electron chi connectivity index (χ3n) is 4.99. The molecule has 0 aliphatic heterocycles. The maximum absolute atomic E-state index is 12.0. The first-order valence-corrected chi connectivity index (χ1v) is 10.9. The van der Waals surface area contributed by atoms with Gasteiger partial charge in [-0.25, -0.2) is 9.59 Å². The molecule has 8 heteroatoms. The molecule has 0 spiro atoms. The summed E-state index contributed by atoms with van der Waals surface area (Å²) in [5, 5.41) is 5.62. The van der Waals surface area contributed by atoms with Crippen LogP contribution in [0.25, 0.3) is 0 Å². The minimum Gasteiger partial charge on any atom is -0.465 e. The van der Waals surface area contributed by atoms with Gasteiger partial charge in [-0.05, 0) is 61.4 Å². The molecule has 176 valence electrons. The van der Waals surface area contributed by atoms with E-state index >= 15 is 0 Å². The average Bonchev–Trinajstić information content (AvgIpc) is 2.83. The summed E-state index contributed by atoms with van der Waals surface area (Å²) in [7, 11) is 2.64. The first-order valence-electron chi connectivity index (χ1n) is 10.9. The molecule has 0 saturated carbocycles. The predicted molar refractivity (Wildman–Crippen MR) is 125 cm³/mol. The van der Waals surface area contributed by atoms with Gasteiger partial charge in [-0.3, -0.25) is 9.59 Å². The van der Waals surface area contributed by atoms with E-state index in [0.717, 1.165) is 32.1 Å². The van der Waals surface area contributed by atoms with Crippen LogP contribution in [0, 0.1) is 0 Å². The molecule has 2 aromatic rings. The lowest BCUT2D eigenvalue weighted by molar-refractivity contribution is -0.117. The number of amides is 2. The summed E-state index contributed by atoms with van der Waals surface area (Å²) in [6.07, 6.45) is 5.13. The Morgan fingerprint density at radius 2 is 0.909 bits per heavy atom. The zero-order chi connectivity index (χ0) is 24.1. The molecule has 33 heavy (non-hydrogen) atoms. The highest BCUT2D eigenvalue weighted by Crippen LogP contribution is 2.14. The second-order valence-electron chi connectivity index (χ2n) is 7.50. The highest BCUT2D eigenvalue weighted by atomic mass is 16.5. The summed E-state index contributed by atoms with van der Waals surface area (Å²) < 4.78 is 9.28. The van der Waals surface area contributed by atoms with Gasteiger partial charge in [-0.15, -0.1) is 0 Å². The standard InChI is InChI=1S/C25H30N2O6/c1-32-24(30)18-10-14-20(15-11-18)26-22(28)8-6-4-3-5-7-9-23(29)27-21-16-12-19(13-17-21)25(31)33-2/h10-17H,3-9H2,1-2H3,(H,26,28)(H,27,29). The molecule has 2 amide bonds. The number of hydrogen-bond donors (Lipinski definition) is 2. The molecule has 0 saturated heterocycles. The number of ether oxygens (including phenoxy) is 2. The Morgan fingerprint density at radius 3 is 1.24 bits per heavy atom. The number of carbonyl (C=O) groups is 4. The van der Waals surface area contributed by atoms with E-state index in [9.17, 15) is 19.2 Å². The van der Waals surface area contributed by atoms with Gasteiger partial charge in [0, 0.05) is 24.2 Å². The fourth-order valence-electron chi connectivity index (χ4n) is 3.16. The summed E-state index contributed by atoms with van der Waals surface area (Å²) in [4.78, 5) is 46.9. The van der Waals surface area contributed by atoms with Crippen molar-refractivity contribution in [2.45, 2.75) is 44.9 Å². The number of benzene rings is 2. The molecule has 2 N–H and O–H groups in total. The largest absolute Gasteiger partial charge is 0.465 e. The fraction of sp³-hybridized carbons (Fsp3) is 0.360. The number of anilines is 2. The fourth-order valence-corrected chi connectivity index (χ4v) is 3.16. The third-order valence-corrected chi connectivity index (χ3v) is 4.99. The van der Waals surface area contributed by atoms with Crippen LogP contribution in [0.2, 0.25) is 0 Å². The van der Waals surface area contributed by atoms with E-state index < -0.39 is 11.9 Å². The number of nitrogens with one attached hydrogen (secondary N) is 2. The van der Waals surface area contributed by atoms with Crippen molar-refractivity contribution in [2.24, 2.45) is 0 Å². The smallest absolute Gasteiger partial charge is 0.337 e. The second-order valence-corrected chi connectivity index (χ2v) is 7.50. The van der Waals surface area contributed by atoms with Crippen LogP contribution in [0.5, 0.6) is 0 Å². The maximum atomic E-state index is 12.0. The van der Waals surface area contributed by atoms with Crippen molar-refractivity contribution in [1.29, 1.82) is 0 Å². The molecular formula is C25H30N2O6. The minimum absolute atomic E-state index is 0.0709. The normalized spacial score (nSPS) is 10.2. The van der Waals surface area contributed by atoms with E-state index in [1.165, 1.54) is 14.2 Å². The van der Waals surface area contributed by atoms with Gasteiger partial charge in [0.1, 0.15) is 0 Å². The monoisotopic (exact) mass is 454 g/mol. The van der Waals surface area contributed by atoms with Gasteiger partial charge in [-0.1, -0.05) is 19.3 Å². The van der Waals surface area contributed by atoms with Gasteiger partial charge in [0.05, 0.1) is 25.3 Å². The Hall–Kier alpha value is -3.68. The van der Waals surface area contributed by atoms with Crippen molar-refractivity contribution in [3.63, 3.8) is 0 Å². The molecular weight excluding hydrogens is 424 g/mol. The molecule has 0 atom stereocenters. The van der Waals surface area contributed by atoms with Crippen molar-refractivity contribution in [3.8, 4) is 0 Å². The number of esters is 2. The molecule has 8 nitrogen and oxygen atoms in total. The van der Waals surface area contributed by atoms with Crippen molar-refractivity contribution in [3.05, 3.63) is 59.7 Å². The first kappa shape index (κ1) is 25.6. The van der Waals surface area contributed by atoms with Crippen molar-refractivity contribution < 1.29 is 28.7 Å². The maximum Gasteiger partial charge on any atom is 0.337 e. The lowest BCUT2D eigenvalue weighted by Crippen LogP contribution is -2.11. The molecule has 0 aliphatic carbocycles. The average molecular weight is 455 g/mol.